The summed E-state index contributed by atoms with van der Waals surface area (Å²) in [5.41, 5.74) is 2.50. The molecule has 2 aliphatic heterocycles. The van der Waals surface area contributed by atoms with Crippen LogP contribution in [0.1, 0.15) is 18.4 Å². The Balaban J connectivity index is 0.000000318. The third-order valence-electron chi connectivity index (χ3n) is 5.16. The normalized spacial score (nSPS) is 23.9. The third-order valence-corrected chi connectivity index (χ3v) is 5.16. The maximum absolute atomic E-state index is 10.6. The van der Waals surface area contributed by atoms with Crippen LogP contribution >= 0.6 is 0 Å². The van der Waals surface area contributed by atoms with Crippen LogP contribution in [0.5, 0.6) is 0 Å². The molecule has 1 spiro atoms. The van der Waals surface area contributed by atoms with Crippen LogP contribution in [0.25, 0.3) is 0 Å². The van der Waals surface area contributed by atoms with Gasteiger partial charge in [-0.3, -0.25) is 9.58 Å². The maximum atomic E-state index is 10.6. The summed E-state index contributed by atoms with van der Waals surface area (Å²) < 4.78 is 39.8. The summed E-state index contributed by atoms with van der Waals surface area (Å²) in [6.07, 6.45) is 1.19. The number of hydrogen-bond donors (Lipinski definition) is 2. The second kappa shape index (κ2) is 9.05. The van der Waals surface area contributed by atoms with Crippen molar-refractivity contribution in [1.29, 1.82) is 0 Å². The van der Waals surface area contributed by atoms with E-state index >= 15 is 0 Å². The molecule has 0 radical (unpaired) electrons. The number of para-hydroxylation sites is 1. The third kappa shape index (κ3) is 5.96. The zero-order valence-corrected chi connectivity index (χ0v) is 16.6. The predicted molar refractivity (Wildman–Crippen MR) is 104 cm³/mol. The zero-order valence-electron chi connectivity index (χ0n) is 16.6. The molecule has 1 aromatic heterocycles. The Kier molecular flexibility index (Phi) is 6.67. The summed E-state index contributed by atoms with van der Waals surface area (Å²) in [4.78, 5) is 11.4. The summed E-state index contributed by atoms with van der Waals surface area (Å²) in [5, 5.41) is 15.0. The second-order valence-electron chi connectivity index (χ2n) is 7.69. The van der Waals surface area contributed by atoms with Crippen LogP contribution < -0.4 is 5.32 Å². The number of anilines is 1. The number of nitrogens with one attached hydrogen (secondary N) is 1. The fourth-order valence-corrected chi connectivity index (χ4v) is 3.87. The van der Waals surface area contributed by atoms with Gasteiger partial charge in [0.05, 0.1) is 24.4 Å². The van der Waals surface area contributed by atoms with Crippen molar-refractivity contribution in [3.8, 4) is 0 Å². The first kappa shape index (κ1) is 22.1. The molecule has 164 valence electrons. The molecular formula is C20H25F3N4O3. The number of halogens is 3. The molecule has 2 saturated heterocycles. The van der Waals surface area contributed by atoms with E-state index in [4.69, 9.17) is 14.6 Å². The Morgan fingerprint density at radius 3 is 2.67 bits per heavy atom. The number of rotatable bonds is 4. The maximum Gasteiger partial charge on any atom is 0.490 e. The van der Waals surface area contributed by atoms with E-state index in [1.165, 1.54) is 11.3 Å². The standard InChI is InChI=1S/C18H24N4O.C2HF3O2/c1-21-11-15(10-19-21)12-22-8-7-18(14-22)9-17(13-23-18)20-16-5-3-2-4-6-16;3-2(4,5)1(6)7/h2-6,10-11,17,20H,7-9,12-14H2,1H3;(H,6,7). The topological polar surface area (TPSA) is 79.6 Å². The van der Waals surface area contributed by atoms with Gasteiger partial charge in [0, 0.05) is 50.6 Å². The van der Waals surface area contributed by atoms with Crippen LogP contribution in [0.4, 0.5) is 18.9 Å². The molecule has 1 aromatic carbocycles. The Morgan fingerprint density at radius 2 is 2.07 bits per heavy atom. The van der Waals surface area contributed by atoms with Gasteiger partial charge in [-0.2, -0.15) is 18.3 Å². The first-order valence-corrected chi connectivity index (χ1v) is 9.61. The number of likely N-dealkylation sites (tertiary alicyclic amines) is 1. The van der Waals surface area contributed by atoms with Gasteiger partial charge in [0.15, 0.2) is 0 Å². The minimum atomic E-state index is -5.08. The molecule has 0 bridgehead atoms. The molecule has 2 aromatic rings. The lowest BCUT2D eigenvalue weighted by atomic mass is 9.97. The van der Waals surface area contributed by atoms with Crippen LogP contribution in [0.3, 0.4) is 0 Å². The van der Waals surface area contributed by atoms with Gasteiger partial charge in [-0.25, -0.2) is 4.79 Å². The summed E-state index contributed by atoms with van der Waals surface area (Å²) >= 11 is 0. The van der Waals surface area contributed by atoms with Gasteiger partial charge in [0.25, 0.3) is 0 Å². The van der Waals surface area contributed by atoms with E-state index in [0.29, 0.717) is 6.04 Å². The molecule has 4 rings (SSSR count). The lowest BCUT2D eigenvalue weighted by Crippen LogP contribution is -2.33. The number of ether oxygens (including phenoxy) is 1. The SMILES string of the molecule is Cn1cc(CN2CCC3(CC(Nc4ccccc4)CO3)C2)cn1.O=C(O)C(F)(F)F. The second-order valence-corrected chi connectivity index (χ2v) is 7.69. The van der Waals surface area contributed by atoms with Gasteiger partial charge >= 0.3 is 12.1 Å². The summed E-state index contributed by atoms with van der Waals surface area (Å²) in [6, 6.07) is 10.8. The first-order chi connectivity index (χ1) is 14.2. The largest absolute Gasteiger partial charge is 0.490 e. The average Bonchev–Trinajstić information content (AvgIpc) is 3.38. The highest BCUT2D eigenvalue weighted by Gasteiger charge is 2.45. The fourth-order valence-electron chi connectivity index (χ4n) is 3.87. The highest BCUT2D eigenvalue weighted by atomic mass is 19.4. The number of aliphatic carboxylic acids is 1. The van der Waals surface area contributed by atoms with Crippen LogP contribution in [0.15, 0.2) is 42.7 Å². The highest BCUT2D eigenvalue weighted by molar-refractivity contribution is 5.73. The molecule has 2 atom stereocenters. The van der Waals surface area contributed by atoms with Crippen LogP contribution in [0.2, 0.25) is 0 Å². The van der Waals surface area contributed by atoms with Crippen molar-refractivity contribution in [2.45, 2.75) is 37.2 Å². The number of alkyl halides is 3. The summed E-state index contributed by atoms with van der Waals surface area (Å²) in [7, 11) is 1.97. The molecule has 0 amide bonds. The molecule has 7 nitrogen and oxygen atoms in total. The fraction of sp³-hybridized carbons (Fsp3) is 0.500. The van der Waals surface area contributed by atoms with Gasteiger partial charge in [-0.05, 0) is 18.6 Å². The number of carbonyl (C=O) groups is 1. The molecule has 2 unspecified atom stereocenters. The van der Waals surface area contributed by atoms with Crippen molar-refractivity contribution in [3.05, 3.63) is 48.3 Å². The Labute approximate surface area is 172 Å². The Bertz CT molecular complexity index is 843. The number of nitrogens with zero attached hydrogens (tertiary/aromatic N) is 3. The average molecular weight is 426 g/mol. The van der Waals surface area contributed by atoms with E-state index in [9.17, 15) is 13.2 Å². The van der Waals surface area contributed by atoms with E-state index in [-0.39, 0.29) is 5.60 Å². The predicted octanol–water partition coefficient (Wildman–Crippen LogP) is 2.90. The van der Waals surface area contributed by atoms with E-state index in [1.54, 1.807) is 0 Å². The molecule has 2 fully saturated rings. The van der Waals surface area contributed by atoms with Gasteiger partial charge in [-0.1, -0.05) is 18.2 Å². The van der Waals surface area contributed by atoms with Crippen molar-refractivity contribution in [2.75, 3.05) is 25.0 Å². The first-order valence-electron chi connectivity index (χ1n) is 9.61. The molecule has 3 heterocycles. The van der Waals surface area contributed by atoms with E-state index in [0.717, 1.165) is 39.1 Å². The number of carboxylic acids is 1. The highest BCUT2D eigenvalue weighted by Crippen LogP contribution is 2.36. The van der Waals surface area contributed by atoms with Gasteiger partial charge in [0.1, 0.15) is 0 Å². The molecule has 30 heavy (non-hydrogen) atoms. The van der Waals surface area contributed by atoms with Gasteiger partial charge in [0.2, 0.25) is 0 Å². The van der Waals surface area contributed by atoms with Crippen molar-refractivity contribution in [2.24, 2.45) is 7.05 Å². The molecule has 10 heteroatoms. The molecular weight excluding hydrogens is 401 g/mol. The molecule has 0 saturated carbocycles. The smallest absolute Gasteiger partial charge is 0.475 e. The number of aryl methyl sites for hydroxylation is 1. The van der Waals surface area contributed by atoms with Crippen LogP contribution in [-0.2, 0) is 23.1 Å². The van der Waals surface area contributed by atoms with Crippen LogP contribution in [-0.4, -0.2) is 63.3 Å². The van der Waals surface area contributed by atoms with E-state index in [2.05, 4.69) is 45.8 Å². The monoisotopic (exact) mass is 426 g/mol. The lowest BCUT2D eigenvalue weighted by Gasteiger charge is -2.23. The number of benzene rings is 1. The molecule has 2 N–H and O–H groups in total. The minimum absolute atomic E-state index is 0.0364. The minimum Gasteiger partial charge on any atom is -0.475 e. The van der Waals surface area contributed by atoms with Crippen LogP contribution in [0, 0.1) is 0 Å². The summed E-state index contributed by atoms with van der Waals surface area (Å²) in [5.74, 6) is -2.76. The van der Waals surface area contributed by atoms with E-state index < -0.39 is 12.1 Å². The molecule has 0 aliphatic carbocycles. The van der Waals surface area contributed by atoms with Gasteiger partial charge in [-0.15, -0.1) is 0 Å². The van der Waals surface area contributed by atoms with E-state index in [1.807, 2.05) is 24.0 Å². The Morgan fingerprint density at radius 1 is 1.37 bits per heavy atom. The Hall–Kier alpha value is -2.59. The lowest BCUT2D eigenvalue weighted by molar-refractivity contribution is -0.192. The van der Waals surface area contributed by atoms with Crippen molar-refractivity contribution >= 4 is 11.7 Å². The number of aromatic nitrogens is 2. The number of carboxylic acid groups (broad SMARTS) is 1. The number of hydrogen-bond acceptors (Lipinski definition) is 5. The zero-order chi connectivity index (χ0) is 21.8. The van der Waals surface area contributed by atoms with Crippen molar-refractivity contribution in [3.63, 3.8) is 0 Å². The van der Waals surface area contributed by atoms with Crippen molar-refractivity contribution in [1.82, 2.24) is 14.7 Å². The van der Waals surface area contributed by atoms with Crippen molar-refractivity contribution < 1.29 is 27.8 Å². The molecule has 2 aliphatic rings. The van der Waals surface area contributed by atoms with Gasteiger partial charge < -0.3 is 15.2 Å². The quantitative estimate of drug-likeness (QED) is 0.783. The summed E-state index contributed by atoms with van der Waals surface area (Å²) in [6.45, 7) is 3.90.